The zero-order chi connectivity index (χ0) is 149. The number of esters is 10. The van der Waals surface area contributed by atoms with E-state index >= 15 is 0 Å². The van der Waals surface area contributed by atoms with E-state index < -0.39 is 363 Å². The van der Waals surface area contributed by atoms with E-state index in [9.17, 15) is 53.1 Å². The first-order valence-corrected chi connectivity index (χ1v) is 51.1. The number of aliphatic hydroxyl groups excluding tert-OH is 5. The van der Waals surface area contributed by atoms with E-state index in [1.807, 2.05) is 52.0 Å². The molecule has 0 spiro atoms. The summed E-state index contributed by atoms with van der Waals surface area (Å²) < 4.78 is 460. The van der Waals surface area contributed by atoms with Crippen molar-refractivity contribution in [2.45, 2.75) is 422 Å². The number of allylic oxidation sites excluding steroid dienone is 15. The molecule has 5 heterocycles. The van der Waals surface area contributed by atoms with Crippen LogP contribution in [0.15, 0.2) is 119 Å². The molecule has 0 amide bonds. The Morgan fingerprint density at radius 2 is 0.717 bits per heavy atom. The fourth-order valence-electron chi connectivity index (χ4n) is 22.3. The summed E-state index contributed by atoms with van der Waals surface area (Å²) in [5.74, 6) is -35.6. The number of carbonyl (C=O) groups excluding carboxylic acids is 10. The van der Waals surface area contributed by atoms with Crippen molar-refractivity contribution < 1.29 is 185 Å². The van der Waals surface area contributed by atoms with Gasteiger partial charge in [0.2, 0.25) is 5.72 Å². The zero-order valence-electron chi connectivity index (χ0n) is 136. The van der Waals surface area contributed by atoms with E-state index in [1.165, 1.54) is 33.8 Å². The van der Waals surface area contributed by atoms with Gasteiger partial charge in [-0.2, -0.15) is 0 Å². The molecule has 810 valence electrons. The monoisotopic (exact) mass is 2070 g/mol. The first-order valence-electron chi connectivity index (χ1n) is 76.2. The summed E-state index contributed by atoms with van der Waals surface area (Å²) in [6.07, 6.45) is -10.9. The van der Waals surface area contributed by atoms with Crippen molar-refractivity contribution in [3.8, 4) is 0 Å². The number of hydrogen-bond donors (Lipinski definition) is 5. The summed E-state index contributed by atoms with van der Waals surface area (Å²) >= 11 is 0. The summed E-state index contributed by atoms with van der Waals surface area (Å²) in [7, 11) is 0. The summed E-state index contributed by atoms with van der Waals surface area (Å²) in [6.45, 7) is -4.24. The standard InChI is InChI=1S/5C24H36O5/c5*1-5-15(3)24(27)29-21-11-14(2)10-17-7-6-16(4)20(23(17)21)9-8-19-12-18(25)13-22(26)28-19/h5*6-7,10,14-16,18-21,23,25H,5,8-9,11-13H2,1-4H3/t5*14-,15-,16-,18+,19?,20-,21-,23-/m00000/s1/i1D3,2D3,3D3,5D2,13D2,15D,25D;6D,7D,10D,11D2,14D,16D;1D3,2D3,5D2,13D2,15D,25D;2D3,3D3,13D2,15D,25D;2D3,13D2,15D,25D. The lowest BCUT2D eigenvalue weighted by atomic mass is 9.65. The van der Waals surface area contributed by atoms with E-state index in [1.54, 1.807) is 63.3 Å². The molecule has 5 N–H and O–H groups in total. The topological polar surface area (TPSA) is 364 Å². The molecule has 0 aromatic rings. The molecule has 0 bridgehead atoms. The van der Waals surface area contributed by atoms with Gasteiger partial charge in [0.25, 0.3) is 0 Å². The van der Waals surface area contributed by atoms with Gasteiger partial charge in [0.15, 0.2) is 0 Å². The van der Waals surface area contributed by atoms with Crippen LogP contribution in [-0.4, -0.2) is 183 Å². The molecule has 15 rings (SSSR count). The molecule has 145 heavy (non-hydrogen) atoms. The fourth-order valence-corrected chi connectivity index (χ4v) is 22.3. The van der Waals surface area contributed by atoms with Crippen molar-refractivity contribution in [1.82, 2.24) is 0 Å². The Labute approximate surface area is 937 Å². The van der Waals surface area contributed by atoms with Gasteiger partial charge in [-0.3, -0.25) is 47.9 Å². The van der Waals surface area contributed by atoms with Gasteiger partial charge in [-0.1, -0.05) is 229 Å². The number of cyclic esters (lactones) is 5. The van der Waals surface area contributed by atoms with Gasteiger partial charge < -0.3 is 72.9 Å². The molecular formula is C120H180O25. The normalized spacial score (nSPS) is 47.7. The minimum absolute atomic E-state index is 0.0114. The van der Waals surface area contributed by atoms with Crippen LogP contribution in [-0.2, 0) is 95.3 Å². The van der Waals surface area contributed by atoms with E-state index in [0.29, 0.717) is 55.2 Å². The molecule has 15 aliphatic rings. The fraction of sp³-hybridized carbons (Fsp3) is 0.750. The maximum Gasteiger partial charge on any atom is 0.308 e. The van der Waals surface area contributed by atoms with Gasteiger partial charge in [0.05, 0.1) is 96.0 Å². The molecule has 5 fully saturated rings. The lowest BCUT2D eigenvalue weighted by Gasteiger charge is -2.43. The van der Waals surface area contributed by atoms with Gasteiger partial charge in [-0.05, 0) is 245 Å². The molecule has 0 radical (unpaired) electrons. The number of aliphatic hydroxyl groups is 5. The maximum atomic E-state index is 13.5. The number of fused-ring (bicyclic) bond motifs is 5. The highest BCUT2D eigenvalue weighted by atomic mass is 16.6. The van der Waals surface area contributed by atoms with Crippen LogP contribution in [0.5, 0.6) is 0 Å². The first kappa shape index (κ1) is 64.6. The number of ether oxygens (including phenoxy) is 10. The predicted octanol–water partition coefficient (Wildman–Crippen LogP) is 21.0. The second-order valence-electron chi connectivity index (χ2n) is 40.9. The second-order valence-corrected chi connectivity index (χ2v) is 40.9. The Balaban J connectivity index is 0.000000226. The molecule has 0 aromatic heterocycles. The van der Waals surface area contributed by atoms with Crippen LogP contribution in [0, 0.1) is 148 Å². The van der Waals surface area contributed by atoms with Crippen LogP contribution in [0.3, 0.4) is 0 Å². The van der Waals surface area contributed by atoms with Crippen LogP contribution in [0.2, 0.25) is 0 Å². The van der Waals surface area contributed by atoms with Crippen molar-refractivity contribution in [3.05, 3.63) is 119 Å². The molecule has 40 atom stereocenters. The van der Waals surface area contributed by atoms with Crippen molar-refractivity contribution >= 4 is 59.7 Å². The Hall–Kier alpha value is -8.10. The summed E-state index contributed by atoms with van der Waals surface area (Å²) in [6, 6.07) is -1.26. The molecule has 5 saturated heterocycles. The third kappa shape index (κ3) is 33.0. The van der Waals surface area contributed by atoms with Gasteiger partial charge in [-0.15, -0.1) is 0 Å². The van der Waals surface area contributed by atoms with Crippen LogP contribution < -0.4 is 0 Å². The third-order valence-corrected chi connectivity index (χ3v) is 30.3. The van der Waals surface area contributed by atoms with Crippen molar-refractivity contribution in [2.75, 3.05) is 0 Å². The minimum Gasteiger partial charge on any atom is -0.462 e. The molecule has 25 nitrogen and oxygen atoms in total. The third-order valence-electron chi connectivity index (χ3n) is 30.3. The molecule has 0 aromatic carbocycles. The number of rotatable bonds is 34. The summed E-state index contributed by atoms with van der Waals surface area (Å²) in [4.78, 5) is 126. The Bertz CT molecular complexity index is 6940. The highest BCUT2D eigenvalue weighted by molar-refractivity contribution is 5.76. The Morgan fingerprint density at radius 3 is 1.04 bits per heavy atom. The van der Waals surface area contributed by atoms with Crippen LogP contribution >= 0.6 is 0 Å². The molecule has 10 aliphatic carbocycles. The average molecular weight is 2070 g/mol. The largest absolute Gasteiger partial charge is 0.462 e. The SMILES string of the molecule is [2H]C1=C([2H])[C@]([2H])(C)[C@H](CCC2C[C@@H](O)CC(=O)O2)[C@@H]2C1=C([2H])[C@]([2H])(C)C([2H])([2H])[C@@H]2OC(=O)[C@@H](C)CC.[2H]O[C@@H]1CC(CC[C@@H]2[C@@H]3C(=C[C@H](C([2H])([2H])[2H])C[C@@H]3OC(=O)[C@@]([2H])(C([2H])([2H])[2H])C([2H])([2H])C([2H])([2H])[2H])C=C[C@@H]2C)OC(=O)C1([2H])[2H].[2H]O[C@@H]1CC(CC[C@@H]2[C@@H]3C(=C[C@H](C([2H])([2H])[2H])C[C@@H]3OC(=O)[C@@]([2H])(C)C([2H])([2H])C([2H])([2H])[2H])C=C[C@@H]2C)OC(=O)C1([2H])[2H].[2H]O[C@@H]1CC(CC[C@@H]2[C@@H]3C(=C[C@H](C([2H])([2H])[2H])C[C@@H]3OC(=O)[C@@]([2H])(C)CC)C=C[C@@H]2C)OC(=O)C1([2H])[2H].[2H]O[C@@H]1CC(CC[C@@H]2[C@@H]3C(=C[C@H](C([2H])([2H])[2H])C[C@@H]3OC(=O)[C@]([2H])(CC)C([2H])([2H])[2H])C=C[C@@H]2C)OC(=O)C1([2H])[2H]. The average Bonchev–Trinajstić information content (AvgIpc) is 0.690. The van der Waals surface area contributed by atoms with E-state index in [2.05, 4.69) is 20.4 Å². The highest BCUT2D eigenvalue weighted by Crippen LogP contribution is 2.53. The van der Waals surface area contributed by atoms with E-state index in [4.69, 9.17) is 118 Å². The Kier molecular flexibility index (Phi) is 24.5. The quantitative estimate of drug-likeness (QED) is 0.0295. The van der Waals surface area contributed by atoms with Crippen LogP contribution in [0.1, 0.15) is 395 Å². The van der Waals surface area contributed by atoms with Gasteiger partial charge in [0.1, 0.15) is 61.0 Å². The van der Waals surface area contributed by atoms with Crippen LogP contribution in [0.25, 0.3) is 0 Å². The molecular weight excluding hydrogens is 1840 g/mol. The lowest BCUT2D eigenvalue weighted by molar-refractivity contribution is -0.162. The highest BCUT2D eigenvalue weighted by Gasteiger charge is 2.50. The molecule has 5 aliphatic heterocycles. The zero-order valence-corrected chi connectivity index (χ0v) is 84.6. The van der Waals surface area contributed by atoms with Gasteiger partial charge >= 0.3 is 59.7 Å². The summed E-state index contributed by atoms with van der Waals surface area (Å²) in [5.41, 5.74) is 2.40. The molecule has 0 saturated carbocycles. The second kappa shape index (κ2) is 55.1. The first-order chi connectivity index (χ1) is 89.3. The smallest absolute Gasteiger partial charge is 0.308 e. The maximum absolute atomic E-state index is 13.5. The molecule has 5 unspecified atom stereocenters. The Morgan fingerprint density at radius 1 is 0.407 bits per heavy atom. The van der Waals surface area contributed by atoms with Crippen LogP contribution in [0.4, 0.5) is 0 Å². The van der Waals surface area contributed by atoms with E-state index in [-0.39, 0.29) is 168 Å². The van der Waals surface area contributed by atoms with Gasteiger partial charge in [-0.25, -0.2) is 0 Å². The van der Waals surface area contributed by atoms with Crippen molar-refractivity contribution in [3.63, 3.8) is 0 Å². The number of carbonyl (C=O) groups is 10. The minimum atomic E-state index is -3.89. The number of hydrogen-bond acceptors (Lipinski definition) is 25. The summed E-state index contributed by atoms with van der Waals surface area (Å²) in [5, 5.41) is 27.8. The van der Waals surface area contributed by atoms with Gasteiger partial charge in [0, 0.05) is 122 Å². The molecule has 25 heteroatoms. The van der Waals surface area contributed by atoms with Crippen molar-refractivity contribution in [2.24, 2.45) is 148 Å². The van der Waals surface area contributed by atoms with E-state index in [0.717, 1.165) is 12.5 Å². The van der Waals surface area contributed by atoms with Crippen molar-refractivity contribution in [1.29, 1.82) is 5.72 Å². The predicted molar refractivity (Wildman–Crippen MR) is 554 cm³/mol. The lowest BCUT2D eigenvalue weighted by Crippen LogP contribution is -2.42.